The van der Waals surface area contributed by atoms with Crippen molar-refractivity contribution in [3.63, 3.8) is 0 Å². The predicted molar refractivity (Wildman–Crippen MR) is 117 cm³/mol. The molecule has 1 aromatic carbocycles. The van der Waals surface area contributed by atoms with Gasteiger partial charge in [0.25, 0.3) is 0 Å². The first kappa shape index (κ1) is 21.4. The summed E-state index contributed by atoms with van der Waals surface area (Å²) in [6.45, 7) is 8.63. The molecule has 5 heteroatoms. The van der Waals surface area contributed by atoms with E-state index in [-0.39, 0.29) is 23.2 Å². The monoisotopic (exact) mass is 412 g/mol. The van der Waals surface area contributed by atoms with Crippen molar-refractivity contribution in [2.24, 2.45) is 5.92 Å². The van der Waals surface area contributed by atoms with Crippen LogP contribution < -0.4 is 0 Å². The average Bonchev–Trinajstić information content (AvgIpc) is 3.08. The van der Waals surface area contributed by atoms with Gasteiger partial charge in [-0.3, -0.25) is 9.59 Å². The number of amides is 2. The molecule has 0 radical (unpaired) electrons. The van der Waals surface area contributed by atoms with Crippen LogP contribution in [-0.4, -0.2) is 61.0 Å². The van der Waals surface area contributed by atoms with E-state index in [1.165, 1.54) is 11.1 Å². The summed E-state index contributed by atoms with van der Waals surface area (Å²) in [6.07, 6.45) is 5.50. The molecule has 2 heterocycles. The van der Waals surface area contributed by atoms with Gasteiger partial charge in [-0.25, -0.2) is 0 Å². The van der Waals surface area contributed by atoms with E-state index in [2.05, 4.69) is 43.0 Å². The number of carbonyl (C=O) groups excluding carboxylic acids is 2. The Kier molecular flexibility index (Phi) is 6.47. The van der Waals surface area contributed by atoms with Crippen LogP contribution in [0.5, 0.6) is 0 Å². The molecule has 3 aliphatic rings. The average molecular weight is 413 g/mol. The van der Waals surface area contributed by atoms with E-state index in [9.17, 15) is 9.59 Å². The van der Waals surface area contributed by atoms with Crippen LogP contribution in [0.25, 0.3) is 0 Å². The molecule has 0 saturated carbocycles. The third kappa shape index (κ3) is 4.01. The second-order valence-corrected chi connectivity index (χ2v) is 9.30. The van der Waals surface area contributed by atoms with Crippen LogP contribution >= 0.6 is 0 Å². The molecule has 2 amide bonds. The number of piperidine rings is 1. The molecule has 1 aromatic rings. The molecule has 164 valence electrons. The highest BCUT2D eigenvalue weighted by Gasteiger charge is 2.46. The van der Waals surface area contributed by atoms with Gasteiger partial charge in [-0.15, -0.1) is 0 Å². The number of carbonyl (C=O) groups is 2. The molecule has 0 aromatic heterocycles. The number of likely N-dealkylation sites (tertiary alicyclic amines) is 1. The molecule has 2 fully saturated rings. The Morgan fingerprint density at radius 1 is 1.03 bits per heavy atom. The second-order valence-electron chi connectivity index (χ2n) is 9.30. The quantitative estimate of drug-likeness (QED) is 0.741. The van der Waals surface area contributed by atoms with E-state index in [0.717, 1.165) is 45.2 Å². The standard InChI is InChI=1S/C25H36N2O3/c1-3-19(4-2)24(29)27-11-9-25(10-12-27)18-20(21-7-5-6-8-22(21)25)17-23(28)26-13-15-30-16-14-26/h5-8,19-20H,3-4,9-18H2,1-2H3/t20-/m0/s1. The fourth-order valence-corrected chi connectivity index (χ4v) is 5.89. The highest BCUT2D eigenvalue weighted by Crippen LogP contribution is 2.52. The lowest BCUT2D eigenvalue weighted by Gasteiger charge is -2.41. The number of morpholine rings is 1. The first-order chi connectivity index (χ1) is 14.6. The van der Waals surface area contributed by atoms with Crippen LogP contribution in [-0.2, 0) is 19.7 Å². The van der Waals surface area contributed by atoms with Crippen molar-refractivity contribution in [1.29, 1.82) is 0 Å². The molecule has 1 spiro atoms. The van der Waals surface area contributed by atoms with Gasteiger partial charge < -0.3 is 14.5 Å². The van der Waals surface area contributed by atoms with Gasteiger partial charge in [0, 0.05) is 38.5 Å². The molecule has 30 heavy (non-hydrogen) atoms. The second kappa shape index (κ2) is 9.09. The number of ether oxygens (including phenoxy) is 1. The summed E-state index contributed by atoms with van der Waals surface area (Å²) in [4.78, 5) is 29.9. The number of benzene rings is 1. The van der Waals surface area contributed by atoms with E-state index < -0.39 is 0 Å². The molecule has 2 aliphatic heterocycles. The Morgan fingerprint density at radius 3 is 2.37 bits per heavy atom. The van der Waals surface area contributed by atoms with Crippen LogP contribution in [0.4, 0.5) is 0 Å². The van der Waals surface area contributed by atoms with E-state index in [1.807, 2.05) is 4.90 Å². The van der Waals surface area contributed by atoms with E-state index in [1.54, 1.807) is 0 Å². The Hall–Kier alpha value is -1.88. The SMILES string of the molecule is CCC(CC)C(=O)N1CCC2(CC1)C[C@H](CC(=O)N1CCOCC1)c1ccccc12. The minimum Gasteiger partial charge on any atom is -0.378 e. The van der Waals surface area contributed by atoms with Gasteiger partial charge >= 0.3 is 0 Å². The Labute approximate surface area is 180 Å². The molecular formula is C25H36N2O3. The van der Waals surface area contributed by atoms with Gasteiger partial charge in [-0.05, 0) is 54.6 Å². The Balaban J connectivity index is 1.46. The lowest BCUT2D eigenvalue weighted by Crippen LogP contribution is -2.46. The summed E-state index contributed by atoms with van der Waals surface area (Å²) in [5, 5.41) is 0. The molecule has 0 unspecified atom stereocenters. The Morgan fingerprint density at radius 2 is 1.70 bits per heavy atom. The number of nitrogens with zero attached hydrogens (tertiary/aromatic N) is 2. The van der Waals surface area contributed by atoms with Gasteiger partial charge in [0.1, 0.15) is 0 Å². The highest BCUT2D eigenvalue weighted by atomic mass is 16.5. The van der Waals surface area contributed by atoms with Crippen molar-refractivity contribution in [3.8, 4) is 0 Å². The van der Waals surface area contributed by atoms with Crippen molar-refractivity contribution in [2.45, 2.75) is 63.7 Å². The van der Waals surface area contributed by atoms with E-state index >= 15 is 0 Å². The zero-order valence-corrected chi connectivity index (χ0v) is 18.6. The zero-order valence-electron chi connectivity index (χ0n) is 18.6. The number of fused-ring (bicyclic) bond motifs is 2. The lowest BCUT2D eigenvalue weighted by molar-refractivity contribution is -0.137. The van der Waals surface area contributed by atoms with Crippen LogP contribution in [0, 0.1) is 5.92 Å². The molecule has 0 bridgehead atoms. The fourth-order valence-electron chi connectivity index (χ4n) is 5.89. The molecule has 1 aliphatic carbocycles. The summed E-state index contributed by atoms with van der Waals surface area (Å²) in [5.41, 5.74) is 2.91. The summed E-state index contributed by atoms with van der Waals surface area (Å²) in [7, 11) is 0. The first-order valence-electron chi connectivity index (χ1n) is 11.8. The molecular weight excluding hydrogens is 376 g/mol. The zero-order chi connectivity index (χ0) is 21.1. The first-order valence-corrected chi connectivity index (χ1v) is 11.8. The molecule has 1 atom stereocenters. The Bertz CT molecular complexity index is 759. The van der Waals surface area contributed by atoms with Crippen molar-refractivity contribution in [3.05, 3.63) is 35.4 Å². The molecule has 5 nitrogen and oxygen atoms in total. The van der Waals surface area contributed by atoms with Crippen molar-refractivity contribution >= 4 is 11.8 Å². The van der Waals surface area contributed by atoms with Gasteiger partial charge in [0.05, 0.1) is 13.2 Å². The summed E-state index contributed by atoms with van der Waals surface area (Å²) in [6, 6.07) is 8.74. The van der Waals surface area contributed by atoms with Gasteiger partial charge in [0.2, 0.25) is 11.8 Å². The maximum atomic E-state index is 12.9. The van der Waals surface area contributed by atoms with Gasteiger partial charge in [-0.1, -0.05) is 38.1 Å². The van der Waals surface area contributed by atoms with Crippen LogP contribution in [0.3, 0.4) is 0 Å². The van der Waals surface area contributed by atoms with E-state index in [0.29, 0.717) is 38.6 Å². The van der Waals surface area contributed by atoms with Gasteiger partial charge in [0.15, 0.2) is 0 Å². The number of rotatable bonds is 5. The normalized spacial score (nSPS) is 23.1. The smallest absolute Gasteiger partial charge is 0.225 e. The van der Waals surface area contributed by atoms with Crippen molar-refractivity contribution in [1.82, 2.24) is 9.80 Å². The predicted octanol–water partition coefficient (Wildman–Crippen LogP) is 3.72. The van der Waals surface area contributed by atoms with Crippen LogP contribution in [0.1, 0.15) is 69.4 Å². The molecule has 2 saturated heterocycles. The van der Waals surface area contributed by atoms with Gasteiger partial charge in [-0.2, -0.15) is 0 Å². The van der Waals surface area contributed by atoms with Crippen molar-refractivity contribution in [2.75, 3.05) is 39.4 Å². The number of hydrogen-bond donors (Lipinski definition) is 0. The number of hydrogen-bond acceptors (Lipinski definition) is 3. The fraction of sp³-hybridized carbons (Fsp3) is 0.680. The van der Waals surface area contributed by atoms with E-state index in [4.69, 9.17) is 4.74 Å². The molecule has 0 N–H and O–H groups in total. The summed E-state index contributed by atoms with van der Waals surface area (Å²) < 4.78 is 5.40. The summed E-state index contributed by atoms with van der Waals surface area (Å²) in [5.74, 6) is 1.04. The summed E-state index contributed by atoms with van der Waals surface area (Å²) >= 11 is 0. The van der Waals surface area contributed by atoms with Crippen molar-refractivity contribution < 1.29 is 14.3 Å². The topological polar surface area (TPSA) is 49.9 Å². The largest absolute Gasteiger partial charge is 0.378 e. The minimum atomic E-state index is 0.122. The third-order valence-corrected chi connectivity index (χ3v) is 7.76. The highest BCUT2D eigenvalue weighted by molar-refractivity contribution is 5.79. The lowest BCUT2D eigenvalue weighted by atomic mass is 9.73. The minimum absolute atomic E-state index is 0.122. The third-order valence-electron chi connectivity index (χ3n) is 7.76. The maximum absolute atomic E-state index is 12.9. The molecule has 4 rings (SSSR count). The maximum Gasteiger partial charge on any atom is 0.225 e. The van der Waals surface area contributed by atoms with Crippen LogP contribution in [0.2, 0.25) is 0 Å². The van der Waals surface area contributed by atoms with Crippen LogP contribution in [0.15, 0.2) is 24.3 Å².